The minimum atomic E-state index is -4.31. The van der Waals surface area contributed by atoms with Gasteiger partial charge in [0.1, 0.15) is 6.26 Å². The number of alkyl halides is 3. The zero-order valence-corrected chi connectivity index (χ0v) is 9.37. The van der Waals surface area contributed by atoms with E-state index in [0.717, 1.165) is 12.1 Å². The second-order valence-electron chi connectivity index (χ2n) is 3.81. The van der Waals surface area contributed by atoms with Gasteiger partial charge in [0.05, 0.1) is 11.3 Å². The van der Waals surface area contributed by atoms with Crippen molar-refractivity contribution in [3.05, 3.63) is 53.2 Å². The number of rotatable bonds is 3. The number of halogens is 3. The molecule has 1 aromatic carbocycles. The van der Waals surface area contributed by atoms with Gasteiger partial charge in [-0.2, -0.15) is 13.2 Å². The first-order valence-corrected chi connectivity index (χ1v) is 5.28. The zero-order chi connectivity index (χ0) is 13.2. The normalized spacial score (nSPS) is 11.8. The molecule has 1 heterocycles. The maximum atomic E-state index is 12.4. The molecular weight excluding hydrogens is 245 g/mol. The SMILES string of the molecule is NCc1coc(Cc2ccc(C(F)(F)F)cc2)n1. The van der Waals surface area contributed by atoms with Crippen molar-refractivity contribution in [1.82, 2.24) is 4.98 Å². The number of hydrogen-bond acceptors (Lipinski definition) is 3. The molecule has 2 aromatic rings. The van der Waals surface area contributed by atoms with Crippen LogP contribution in [0.25, 0.3) is 0 Å². The minimum Gasteiger partial charge on any atom is -0.448 e. The average Bonchev–Trinajstić information content (AvgIpc) is 2.76. The summed E-state index contributed by atoms with van der Waals surface area (Å²) in [4.78, 5) is 4.08. The highest BCUT2D eigenvalue weighted by Crippen LogP contribution is 2.29. The van der Waals surface area contributed by atoms with Gasteiger partial charge >= 0.3 is 6.18 Å². The molecule has 2 rings (SSSR count). The maximum Gasteiger partial charge on any atom is 0.416 e. The van der Waals surface area contributed by atoms with E-state index in [1.165, 1.54) is 18.4 Å². The Balaban J connectivity index is 2.11. The first kappa shape index (κ1) is 12.6. The van der Waals surface area contributed by atoms with E-state index < -0.39 is 11.7 Å². The summed E-state index contributed by atoms with van der Waals surface area (Å²) in [5, 5.41) is 0. The second kappa shape index (κ2) is 4.81. The molecule has 0 atom stereocenters. The topological polar surface area (TPSA) is 52.0 Å². The van der Waals surface area contributed by atoms with Crippen molar-refractivity contribution in [2.45, 2.75) is 19.1 Å². The Morgan fingerprint density at radius 2 is 1.83 bits per heavy atom. The van der Waals surface area contributed by atoms with Gasteiger partial charge in [-0.3, -0.25) is 0 Å². The summed E-state index contributed by atoms with van der Waals surface area (Å²) < 4.78 is 42.2. The van der Waals surface area contributed by atoms with Gasteiger partial charge in [-0.1, -0.05) is 12.1 Å². The summed E-state index contributed by atoms with van der Waals surface area (Å²) in [7, 11) is 0. The predicted octanol–water partition coefficient (Wildman–Crippen LogP) is 2.74. The first-order chi connectivity index (χ1) is 8.49. The molecule has 6 heteroatoms. The summed E-state index contributed by atoms with van der Waals surface area (Å²) in [6, 6.07) is 4.91. The molecule has 2 N–H and O–H groups in total. The van der Waals surface area contributed by atoms with Crippen LogP contribution in [-0.2, 0) is 19.1 Å². The lowest BCUT2D eigenvalue weighted by molar-refractivity contribution is -0.137. The molecular formula is C12H11F3N2O. The molecule has 0 aliphatic heterocycles. The molecule has 0 aliphatic carbocycles. The lowest BCUT2D eigenvalue weighted by atomic mass is 10.1. The molecule has 0 spiro atoms. The molecule has 0 unspecified atom stereocenters. The van der Waals surface area contributed by atoms with E-state index in [2.05, 4.69) is 4.98 Å². The standard InChI is InChI=1S/C12H11F3N2O/c13-12(14,15)9-3-1-8(2-4-9)5-11-17-10(6-16)7-18-11/h1-4,7H,5-6,16H2. The van der Waals surface area contributed by atoms with Crippen LogP contribution >= 0.6 is 0 Å². The lowest BCUT2D eigenvalue weighted by Gasteiger charge is -2.06. The van der Waals surface area contributed by atoms with Crippen LogP contribution in [-0.4, -0.2) is 4.98 Å². The van der Waals surface area contributed by atoms with E-state index >= 15 is 0 Å². The van der Waals surface area contributed by atoms with Gasteiger partial charge in [-0.15, -0.1) is 0 Å². The Morgan fingerprint density at radius 1 is 1.17 bits per heavy atom. The number of nitrogens with two attached hydrogens (primary N) is 1. The van der Waals surface area contributed by atoms with Crippen LogP contribution in [0.2, 0.25) is 0 Å². The van der Waals surface area contributed by atoms with Gasteiger partial charge in [0.25, 0.3) is 0 Å². The molecule has 0 bridgehead atoms. The molecule has 0 saturated heterocycles. The van der Waals surface area contributed by atoms with Crippen molar-refractivity contribution >= 4 is 0 Å². The molecule has 1 aromatic heterocycles. The fourth-order valence-electron chi connectivity index (χ4n) is 1.51. The molecule has 0 radical (unpaired) electrons. The van der Waals surface area contributed by atoms with Gasteiger partial charge in [0.15, 0.2) is 5.89 Å². The van der Waals surface area contributed by atoms with E-state index in [0.29, 0.717) is 23.6 Å². The van der Waals surface area contributed by atoms with Crippen molar-refractivity contribution in [2.75, 3.05) is 0 Å². The quantitative estimate of drug-likeness (QED) is 0.918. The van der Waals surface area contributed by atoms with Gasteiger partial charge in [0.2, 0.25) is 0 Å². The largest absolute Gasteiger partial charge is 0.448 e. The van der Waals surface area contributed by atoms with E-state index in [1.807, 2.05) is 0 Å². The fraction of sp³-hybridized carbons (Fsp3) is 0.250. The Kier molecular flexibility index (Phi) is 3.38. The Hall–Kier alpha value is -1.82. The summed E-state index contributed by atoms with van der Waals surface area (Å²) in [5.41, 5.74) is 6.04. The third-order valence-electron chi connectivity index (χ3n) is 2.45. The molecule has 0 saturated carbocycles. The van der Waals surface area contributed by atoms with Gasteiger partial charge < -0.3 is 10.2 Å². The highest BCUT2D eigenvalue weighted by molar-refractivity contribution is 5.26. The van der Waals surface area contributed by atoms with E-state index in [4.69, 9.17) is 10.2 Å². The third kappa shape index (κ3) is 2.89. The van der Waals surface area contributed by atoms with Crippen LogP contribution in [0.1, 0.15) is 22.7 Å². The van der Waals surface area contributed by atoms with Crippen molar-refractivity contribution in [1.29, 1.82) is 0 Å². The van der Waals surface area contributed by atoms with Gasteiger partial charge in [-0.25, -0.2) is 4.98 Å². The van der Waals surface area contributed by atoms with Crippen molar-refractivity contribution in [3.63, 3.8) is 0 Å². The van der Waals surface area contributed by atoms with E-state index in [1.54, 1.807) is 0 Å². The van der Waals surface area contributed by atoms with Crippen LogP contribution in [0.15, 0.2) is 34.9 Å². The number of nitrogens with zero attached hydrogens (tertiary/aromatic N) is 1. The van der Waals surface area contributed by atoms with Gasteiger partial charge in [-0.05, 0) is 17.7 Å². The lowest BCUT2D eigenvalue weighted by Crippen LogP contribution is -2.04. The third-order valence-corrected chi connectivity index (χ3v) is 2.45. The van der Waals surface area contributed by atoms with Crippen LogP contribution < -0.4 is 5.73 Å². The predicted molar refractivity (Wildman–Crippen MR) is 58.6 cm³/mol. The number of hydrogen-bond donors (Lipinski definition) is 1. The van der Waals surface area contributed by atoms with Crippen molar-refractivity contribution < 1.29 is 17.6 Å². The van der Waals surface area contributed by atoms with Crippen LogP contribution in [0.4, 0.5) is 13.2 Å². The van der Waals surface area contributed by atoms with Crippen LogP contribution in [0.5, 0.6) is 0 Å². The molecule has 3 nitrogen and oxygen atoms in total. The van der Waals surface area contributed by atoms with Gasteiger partial charge in [0, 0.05) is 13.0 Å². The molecule has 0 amide bonds. The first-order valence-electron chi connectivity index (χ1n) is 5.28. The minimum absolute atomic E-state index is 0.274. The number of aromatic nitrogens is 1. The van der Waals surface area contributed by atoms with Crippen LogP contribution in [0, 0.1) is 0 Å². The Morgan fingerprint density at radius 3 is 2.33 bits per heavy atom. The zero-order valence-electron chi connectivity index (χ0n) is 9.37. The van der Waals surface area contributed by atoms with Crippen molar-refractivity contribution in [2.24, 2.45) is 5.73 Å². The summed E-state index contributed by atoms with van der Waals surface area (Å²) >= 11 is 0. The second-order valence-corrected chi connectivity index (χ2v) is 3.81. The van der Waals surface area contributed by atoms with E-state index in [-0.39, 0.29) is 6.54 Å². The average molecular weight is 256 g/mol. The summed E-state index contributed by atoms with van der Waals surface area (Å²) in [6.45, 7) is 0.274. The monoisotopic (exact) mass is 256 g/mol. The Bertz CT molecular complexity index is 517. The molecule has 0 fully saturated rings. The highest BCUT2D eigenvalue weighted by atomic mass is 19.4. The van der Waals surface area contributed by atoms with Crippen LogP contribution in [0.3, 0.4) is 0 Å². The van der Waals surface area contributed by atoms with E-state index in [9.17, 15) is 13.2 Å². The molecule has 96 valence electrons. The smallest absolute Gasteiger partial charge is 0.416 e. The van der Waals surface area contributed by atoms with Crippen molar-refractivity contribution in [3.8, 4) is 0 Å². The number of benzene rings is 1. The molecule has 18 heavy (non-hydrogen) atoms. The number of oxazole rings is 1. The molecule has 0 aliphatic rings. The Labute approximate surface area is 101 Å². The summed E-state index contributed by atoms with van der Waals surface area (Å²) in [6.07, 6.45) is -2.52. The summed E-state index contributed by atoms with van der Waals surface area (Å²) in [5.74, 6) is 0.440. The fourth-order valence-corrected chi connectivity index (χ4v) is 1.51. The highest BCUT2D eigenvalue weighted by Gasteiger charge is 2.29. The maximum absolute atomic E-state index is 12.4.